The van der Waals surface area contributed by atoms with Gasteiger partial charge in [-0.2, -0.15) is 0 Å². The summed E-state index contributed by atoms with van der Waals surface area (Å²) >= 11 is 12.9. The predicted molar refractivity (Wildman–Crippen MR) is 138 cm³/mol. The molecular formula is C27H27Cl2N3O2. The number of aliphatic hydroxyl groups is 1. The highest BCUT2D eigenvalue weighted by molar-refractivity contribution is 6.33. The maximum absolute atomic E-state index is 9.03. The second-order valence-electron chi connectivity index (χ2n) is 8.46. The molecule has 1 N–H and O–H groups in total. The first-order chi connectivity index (χ1) is 16.5. The van der Waals surface area contributed by atoms with Gasteiger partial charge in [0.25, 0.3) is 0 Å². The van der Waals surface area contributed by atoms with Crippen LogP contribution in [-0.4, -0.2) is 42.4 Å². The van der Waals surface area contributed by atoms with Crippen LogP contribution in [0, 0.1) is 6.57 Å². The van der Waals surface area contributed by atoms with Gasteiger partial charge in [0.1, 0.15) is 12.4 Å². The van der Waals surface area contributed by atoms with Crippen LogP contribution in [0.5, 0.6) is 5.75 Å². The quantitative estimate of drug-likeness (QED) is 0.386. The van der Waals surface area contributed by atoms with E-state index in [1.54, 1.807) is 6.07 Å². The summed E-state index contributed by atoms with van der Waals surface area (Å²) in [6.45, 7) is 12.0. The number of halogens is 2. The Balaban J connectivity index is 1.62. The molecular weight excluding hydrogens is 469 g/mol. The van der Waals surface area contributed by atoms with Gasteiger partial charge in [-0.05, 0) is 42.3 Å². The van der Waals surface area contributed by atoms with Crippen LogP contribution in [0.1, 0.15) is 24.1 Å². The minimum atomic E-state index is -0.0436. The maximum atomic E-state index is 9.03. The Morgan fingerprint density at radius 2 is 1.76 bits per heavy atom. The third-order valence-electron chi connectivity index (χ3n) is 6.16. The molecule has 1 saturated heterocycles. The lowest BCUT2D eigenvalue weighted by atomic mass is 9.98. The number of hydrogen-bond acceptors (Lipinski definition) is 4. The van der Waals surface area contributed by atoms with Crippen molar-refractivity contribution in [3.8, 4) is 5.75 Å². The molecule has 0 aliphatic carbocycles. The van der Waals surface area contributed by atoms with Crippen LogP contribution in [0.25, 0.3) is 4.85 Å². The topological polar surface area (TPSA) is 40.3 Å². The summed E-state index contributed by atoms with van der Waals surface area (Å²) in [6, 6.07) is 21.9. The van der Waals surface area contributed by atoms with E-state index in [2.05, 4.69) is 33.7 Å². The molecule has 1 fully saturated rings. The van der Waals surface area contributed by atoms with Crippen molar-refractivity contribution in [2.24, 2.45) is 0 Å². The van der Waals surface area contributed by atoms with Crippen LogP contribution >= 0.6 is 23.2 Å². The monoisotopic (exact) mass is 495 g/mol. The number of benzene rings is 3. The van der Waals surface area contributed by atoms with E-state index >= 15 is 0 Å². The number of ether oxygens (including phenoxy) is 1. The van der Waals surface area contributed by atoms with Crippen LogP contribution in [0.15, 0.2) is 66.7 Å². The molecule has 1 heterocycles. The fourth-order valence-electron chi connectivity index (χ4n) is 4.37. The highest BCUT2D eigenvalue weighted by atomic mass is 35.5. The molecule has 0 amide bonds. The third kappa shape index (κ3) is 5.65. The van der Waals surface area contributed by atoms with Crippen molar-refractivity contribution in [1.29, 1.82) is 0 Å². The van der Waals surface area contributed by atoms with Gasteiger partial charge in [-0.1, -0.05) is 59.6 Å². The molecule has 0 spiro atoms. The van der Waals surface area contributed by atoms with Gasteiger partial charge in [-0.25, -0.2) is 4.85 Å². The molecule has 5 nitrogen and oxygen atoms in total. The third-order valence-corrected chi connectivity index (χ3v) is 6.72. The molecule has 34 heavy (non-hydrogen) atoms. The Bertz CT molecular complexity index is 1150. The Labute approximate surface area is 210 Å². The van der Waals surface area contributed by atoms with Crippen LogP contribution in [-0.2, 0) is 6.54 Å². The van der Waals surface area contributed by atoms with Crippen molar-refractivity contribution in [2.45, 2.75) is 25.6 Å². The van der Waals surface area contributed by atoms with E-state index in [1.807, 2.05) is 48.5 Å². The van der Waals surface area contributed by atoms with Gasteiger partial charge in [0.15, 0.2) is 5.69 Å². The molecule has 2 atom stereocenters. The van der Waals surface area contributed by atoms with Crippen molar-refractivity contribution in [3.63, 3.8) is 0 Å². The smallest absolute Gasteiger partial charge is 0.187 e. The predicted octanol–water partition coefficient (Wildman–Crippen LogP) is 6.37. The Morgan fingerprint density at radius 3 is 2.41 bits per heavy atom. The average molecular weight is 496 g/mol. The van der Waals surface area contributed by atoms with E-state index < -0.39 is 0 Å². The number of hydrogen-bond donors (Lipinski definition) is 1. The highest BCUT2D eigenvalue weighted by Crippen LogP contribution is 2.39. The first-order valence-corrected chi connectivity index (χ1v) is 12.0. The molecule has 0 unspecified atom stereocenters. The summed E-state index contributed by atoms with van der Waals surface area (Å²) in [5.41, 5.74) is 3.96. The summed E-state index contributed by atoms with van der Waals surface area (Å²) in [4.78, 5) is 8.31. The molecule has 1 aliphatic rings. The van der Waals surface area contributed by atoms with E-state index in [0.717, 1.165) is 25.3 Å². The fraction of sp³-hybridized carbons (Fsp3) is 0.296. The Kier molecular flexibility index (Phi) is 7.97. The van der Waals surface area contributed by atoms with E-state index in [4.69, 9.17) is 39.6 Å². The van der Waals surface area contributed by atoms with Crippen molar-refractivity contribution in [1.82, 2.24) is 4.90 Å². The van der Waals surface area contributed by atoms with Crippen LogP contribution in [0.2, 0.25) is 10.0 Å². The summed E-state index contributed by atoms with van der Waals surface area (Å²) in [6.07, 6.45) is 0. The summed E-state index contributed by atoms with van der Waals surface area (Å²) in [7, 11) is 0. The van der Waals surface area contributed by atoms with Crippen molar-refractivity contribution >= 4 is 34.6 Å². The van der Waals surface area contributed by atoms with Crippen molar-refractivity contribution in [2.75, 3.05) is 31.2 Å². The number of anilines is 1. The van der Waals surface area contributed by atoms with Gasteiger partial charge in [-0.15, -0.1) is 0 Å². The molecule has 0 saturated carbocycles. The zero-order valence-electron chi connectivity index (χ0n) is 19.0. The zero-order valence-corrected chi connectivity index (χ0v) is 20.5. The molecule has 0 bridgehead atoms. The standard InChI is InChI=1S/C27H27Cl2N3O2/c1-19-16-32(26-12-11-24(15-25(26)29)34-14-13-33)27(21-5-7-22(28)8-6-21)18-31(19)17-20-3-9-23(30-2)10-4-20/h3-12,15,19,27,33H,13-14,16-18H2,1H3/t19-,27+/m1/s1. The van der Waals surface area contributed by atoms with Gasteiger partial charge in [0.2, 0.25) is 0 Å². The van der Waals surface area contributed by atoms with E-state index in [0.29, 0.717) is 21.5 Å². The van der Waals surface area contributed by atoms with Gasteiger partial charge in [0.05, 0.1) is 29.9 Å². The lowest BCUT2D eigenvalue weighted by Crippen LogP contribution is -2.53. The lowest BCUT2D eigenvalue weighted by molar-refractivity contribution is 0.153. The highest BCUT2D eigenvalue weighted by Gasteiger charge is 2.33. The number of nitrogens with zero attached hydrogens (tertiary/aromatic N) is 3. The molecule has 3 aromatic rings. The first kappa shape index (κ1) is 24.4. The maximum Gasteiger partial charge on any atom is 0.187 e. The van der Waals surface area contributed by atoms with Crippen LogP contribution in [0.3, 0.4) is 0 Å². The summed E-state index contributed by atoms with van der Waals surface area (Å²) in [5.74, 6) is 0.639. The number of aliphatic hydroxyl groups excluding tert-OH is 1. The van der Waals surface area contributed by atoms with Gasteiger partial charge in [0, 0.05) is 36.8 Å². The second kappa shape index (κ2) is 11.1. The Hall–Kier alpha value is -2.75. The SMILES string of the molecule is [C-]#[N+]c1ccc(CN2C[C@@H](c3ccc(Cl)cc3)N(c3ccc(OCCO)cc3Cl)C[C@H]2C)cc1. The normalized spacial score (nSPS) is 18.5. The molecule has 4 rings (SSSR count). The molecule has 0 radical (unpaired) electrons. The minimum absolute atomic E-state index is 0.0436. The van der Waals surface area contributed by atoms with Gasteiger partial charge in [-0.3, -0.25) is 4.90 Å². The fourth-order valence-corrected chi connectivity index (χ4v) is 4.77. The minimum Gasteiger partial charge on any atom is -0.491 e. The molecule has 1 aliphatic heterocycles. The van der Waals surface area contributed by atoms with Crippen LogP contribution < -0.4 is 9.64 Å². The number of rotatable bonds is 7. The Morgan fingerprint density at radius 1 is 1.03 bits per heavy atom. The molecule has 7 heteroatoms. The van der Waals surface area contributed by atoms with Crippen molar-refractivity contribution < 1.29 is 9.84 Å². The van der Waals surface area contributed by atoms with E-state index in [9.17, 15) is 0 Å². The lowest BCUT2D eigenvalue weighted by Gasteiger charge is -2.47. The second-order valence-corrected chi connectivity index (χ2v) is 9.31. The van der Waals surface area contributed by atoms with Gasteiger partial charge >= 0.3 is 0 Å². The molecule has 176 valence electrons. The van der Waals surface area contributed by atoms with Crippen molar-refractivity contribution in [3.05, 3.63) is 99.3 Å². The average Bonchev–Trinajstić information content (AvgIpc) is 2.85. The molecule has 0 aromatic heterocycles. The molecule has 3 aromatic carbocycles. The summed E-state index contributed by atoms with van der Waals surface area (Å²) in [5, 5.41) is 10.4. The van der Waals surface area contributed by atoms with E-state index in [1.165, 1.54) is 11.1 Å². The summed E-state index contributed by atoms with van der Waals surface area (Å²) < 4.78 is 5.53. The van der Waals surface area contributed by atoms with E-state index in [-0.39, 0.29) is 25.3 Å². The van der Waals surface area contributed by atoms with Gasteiger partial charge < -0.3 is 14.7 Å². The largest absolute Gasteiger partial charge is 0.491 e. The number of piperazine rings is 1. The zero-order chi connectivity index (χ0) is 24.1. The first-order valence-electron chi connectivity index (χ1n) is 11.2. The van der Waals surface area contributed by atoms with Crippen LogP contribution in [0.4, 0.5) is 11.4 Å².